The summed E-state index contributed by atoms with van der Waals surface area (Å²) < 4.78 is 1.59. The molecule has 3 rings (SSSR count). The van der Waals surface area contributed by atoms with E-state index in [1.807, 2.05) is 11.8 Å². The first-order valence-corrected chi connectivity index (χ1v) is 7.45. The van der Waals surface area contributed by atoms with Crippen molar-refractivity contribution < 1.29 is 4.79 Å². The molecule has 20 heavy (non-hydrogen) atoms. The summed E-state index contributed by atoms with van der Waals surface area (Å²) >= 11 is 0. The molecule has 2 fully saturated rings. The Balaban J connectivity index is 1.49. The van der Waals surface area contributed by atoms with Gasteiger partial charge in [0.15, 0.2) is 0 Å². The van der Waals surface area contributed by atoms with Crippen LogP contribution >= 0.6 is 0 Å². The van der Waals surface area contributed by atoms with Crippen LogP contribution in [-0.2, 0) is 11.3 Å². The lowest BCUT2D eigenvalue weighted by Crippen LogP contribution is -2.62. The number of carbonyl (C=O) groups excluding carboxylic acids is 1. The summed E-state index contributed by atoms with van der Waals surface area (Å²) in [6.07, 6.45) is 3.95. The largest absolute Gasteiger partial charge is 0.384 e. The van der Waals surface area contributed by atoms with Crippen molar-refractivity contribution in [3.8, 4) is 0 Å². The zero-order valence-electron chi connectivity index (χ0n) is 12.1. The van der Waals surface area contributed by atoms with Gasteiger partial charge >= 0.3 is 0 Å². The molecule has 1 aromatic rings. The molecule has 0 aliphatic carbocycles. The fourth-order valence-corrected chi connectivity index (χ4v) is 3.09. The van der Waals surface area contributed by atoms with Crippen molar-refractivity contribution in [2.75, 3.05) is 31.9 Å². The predicted octanol–water partition coefficient (Wildman–Crippen LogP) is 0.470. The molecule has 6 nitrogen and oxygen atoms in total. The van der Waals surface area contributed by atoms with Gasteiger partial charge in [-0.15, -0.1) is 0 Å². The lowest BCUT2D eigenvalue weighted by atomic mass is 10.0. The zero-order chi connectivity index (χ0) is 14.1. The highest BCUT2D eigenvalue weighted by Crippen LogP contribution is 2.20. The number of nitrogens with two attached hydrogens (primary N) is 1. The normalized spacial score (nSPS) is 20.9. The fourth-order valence-electron chi connectivity index (χ4n) is 3.09. The van der Waals surface area contributed by atoms with Crippen molar-refractivity contribution in [1.82, 2.24) is 19.6 Å². The van der Waals surface area contributed by atoms with E-state index in [2.05, 4.69) is 10.00 Å². The summed E-state index contributed by atoms with van der Waals surface area (Å²) in [5, 5.41) is 4.23. The fraction of sp³-hybridized carbons (Fsp3) is 0.714. The van der Waals surface area contributed by atoms with E-state index < -0.39 is 0 Å². The topological polar surface area (TPSA) is 67.4 Å². The number of rotatable bonds is 3. The number of hydrogen-bond acceptors (Lipinski definition) is 4. The van der Waals surface area contributed by atoms with Crippen molar-refractivity contribution in [3.63, 3.8) is 0 Å². The minimum Gasteiger partial charge on any atom is -0.384 e. The first-order chi connectivity index (χ1) is 9.63. The van der Waals surface area contributed by atoms with Gasteiger partial charge in [0.2, 0.25) is 5.91 Å². The lowest BCUT2D eigenvalue weighted by Gasteiger charge is -2.46. The number of likely N-dealkylation sites (tertiary alicyclic amines) is 2. The molecule has 0 radical (unpaired) electrons. The predicted molar refractivity (Wildman–Crippen MR) is 77.2 cm³/mol. The molecule has 2 N–H and O–H groups in total. The Bertz CT molecular complexity index is 486. The molecular weight excluding hydrogens is 254 g/mol. The lowest BCUT2D eigenvalue weighted by molar-refractivity contribution is -0.139. The van der Waals surface area contributed by atoms with E-state index in [0.29, 0.717) is 11.9 Å². The summed E-state index contributed by atoms with van der Waals surface area (Å²) in [6.45, 7) is 6.24. The van der Waals surface area contributed by atoms with E-state index in [4.69, 9.17) is 5.73 Å². The molecule has 0 saturated carbocycles. The number of aromatic nitrogens is 2. The van der Waals surface area contributed by atoms with Crippen LogP contribution in [-0.4, -0.2) is 57.7 Å². The number of nitrogens with zero attached hydrogens (tertiary/aromatic N) is 4. The van der Waals surface area contributed by atoms with E-state index in [-0.39, 0.29) is 12.5 Å². The van der Waals surface area contributed by atoms with Crippen LogP contribution in [0.25, 0.3) is 0 Å². The highest BCUT2D eigenvalue weighted by atomic mass is 16.2. The second-order valence-electron chi connectivity index (χ2n) is 5.92. The van der Waals surface area contributed by atoms with Gasteiger partial charge in [0, 0.05) is 25.2 Å². The average Bonchev–Trinajstić information content (AvgIpc) is 2.67. The molecular formula is C14H23N5O. The van der Waals surface area contributed by atoms with Gasteiger partial charge in [-0.2, -0.15) is 5.10 Å². The van der Waals surface area contributed by atoms with Crippen molar-refractivity contribution >= 4 is 11.7 Å². The number of piperidine rings is 1. The summed E-state index contributed by atoms with van der Waals surface area (Å²) in [6, 6.07) is 2.36. The second-order valence-corrected chi connectivity index (χ2v) is 5.92. The highest BCUT2D eigenvalue weighted by Gasteiger charge is 2.35. The van der Waals surface area contributed by atoms with Crippen LogP contribution in [0.3, 0.4) is 0 Å². The maximum absolute atomic E-state index is 12.2. The quantitative estimate of drug-likeness (QED) is 0.872. The molecule has 2 aliphatic heterocycles. The molecule has 0 atom stereocenters. The van der Waals surface area contributed by atoms with Crippen LogP contribution in [0.4, 0.5) is 5.82 Å². The van der Waals surface area contributed by atoms with Crippen molar-refractivity contribution in [3.05, 3.63) is 11.8 Å². The summed E-state index contributed by atoms with van der Waals surface area (Å²) in [4.78, 5) is 16.6. The maximum Gasteiger partial charge on any atom is 0.244 e. The summed E-state index contributed by atoms with van der Waals surface area (Å²) in [7, 11) is 0. The van der Waals surface area contributed by atoms with E-state index in [1.165, 1.54) is 32.4 Å². The first kappa shape index (κ1) is 13.4. The molecule has 3 heterocycles. The van der Waals surface area contributed by atoms with Gasteiger partial charge in [-0.25, -0.2) is 4.68 Å². The number of amides is 1. The Kier molecular flexibility index (Phi) is 3.65. The van der Waals surface area contributed by atoms with Gasteiger partial charge in [0.1, 0.15) is 12.4 Å². The van der Waals surface area contributed by atoms with Crippen LogP contribution in [0.2, 0.25) is 0 Å². The molecule has 6 heteroatoms. The van der Waals surface area contributed by atoms with Gasteiger partial charge in [0.05, 0.1) is 5.69 Å². The average molecular weight is 277 g/mol. The van der Waals surface area contributed by atoms with Crippen LogP contribution in [0, 0.1) is 6.92 Å². The number of nitrogen functional groups attached to an aromatic ring is 1. The number of anilines is 1. The van der Waals surface area contributed by atoms with E-state index in [0.717, 1.165) is 18.8 Å². The van der Waals surface area contributed by atoms with Crippen LogP contribution in [0.5, 0.6) is 0 Å². The molecule has 1 aromatic heterocycles. The molecule has 0 bridgehead atoms. The minimum absolute atomic E-state index is 0.119. The van der Waals surface area contributed by atoms with Gasteiger partial charge in [-0.3, -0.25) is 9.69 Å². The van der Waals surface area contributed by atoms with Gasteiger partial charge in [-0.1, -0.05) is 6.42 Å². The highest BCUT2D eigenvalue weighted by molar-refractivity contribution is 5.77. The van der Waals surface area contributed by atoms with E-state index >= 15 is 0 Å². The molecule has 0 spiro atoms. The van der Waals surface area contributed by atoms with Crippen LogP contribution in [0.1, 0.15) is 25.0 Å². The van der Waals surface area contributed by atoms with Crippen LogP contribution in [0.15, 0.2) is 6.07 Å². The van der Waals surface area contributed by atoms with Gasteiger partial charge in [0.25, 0.3) is 0 Å². The number of aryl methyl sites for hydroxylation is 1. The van der Waals surface area contributed by atoms with Gasteiger partial charge < -0.3 is 10.6 Å². The Hall–Kier alpha value is -1.56. The van der Waals surface area contributed by atoms with Crippen molar-refractivity contribution in [2.24, 2.45) is 0 Å². The Morgan fingerprint density at radius 2 is 2.05 bits per heavy atom. The zero-order valence-corrected chi connectivity index (χ0v) is 12.1. The number of carbonyl (C=O) groups is 1. The Labute approximate surface area is 119 Å². The van der Waals surface area contributed by atoms with E-state index in [9.17, 15) is 4.79 Å². The Morgan fingerprint density at radius 3 is 2.65 bits per heavy atom. The first-order valence-electron chi connectivity index (χ1n) is 7.45. The SMILES string of the molecule is Cc1cc(N)n(CC(=O)N2CC(N3CCCCC3)C2)n1. The number of hydrogen-bond donors (Lipinski definition) is 1. The molecule has 0 unspecified atom stereocenters. The monoisotopic (exact) mass is 277 g/mol. The molecule has 2 aliphatic rings. The van der Waals surface area contributed by atoms with Crippen LogP contribution < -0.4 is 5.73 Å². The van der Waals surface area contributed by atoms with Crippen molar-refractivity contribution in [2.45, 2.75) is 38.8 Å². The molecule has 0 aromatic carbocycles. The second kappa shape index (κ2) is 5.44. The Morgan fingerprint density at radius 1 is 1.35 bits per heavy atom. The molecule has 2 saturated heterocycles. The smallest absolute Gasteiger partial charge is 0.244 e. The molecule has 1 amide bonds. The van der Waals surface area contributed by atoms with Gasteiger partial charge in [-0.05, 0) is 32.9 Å². The maximum atomic E-state index is 12.2. The van der Waals surface area contributed by atoms with E-state index in [1.54, 1.807) is 10.7 Å². The summed E-state index contributed by atoms with van der Waals surface area (Å²) in [5.74, 6) is 0.678. The third kappa shape index (κ3) is 2.65. The third-order valence-corrected chi connectivity index (χ3v) is 4.34. The third-order valence-electron chi connectivity index (χ3n) is 4.34. The minimum atomic E-state index is 0.119. The molecule has 110 valence electrons. The van der Waals surface area contributed by atoms with Crippen molar-refractivity contribution in [1.29, 1.82) is 0 Å². The summed E-state index contributed by atoms with van der Waals surface area (Å²) in [5.41, 5.74) is 6.67. The standard InChI is InChI=1S/C14H23N5O/c1-11-7-13(15)19(16-11)10-14(20)18-8-12(9-18)17-5-3-2-4-6-17/h7,12H,2-6,8-10,15H2,1H3.